The Kier molecular flexibility index (Phi) is 6.12. The molecule has 0 atom stereocenters. The lowest BCUT2D eigenvalue weighted by Gasteiger charge is -2.31. The second-order valence-corrected chi connectivity index (χ2v) is 6.91. The second-order valence-electron chi connectivity index (χ2n) is 6.05. The maximum Gasteiger partial charge on any atom is 0.273 e. The number of hydrogen-bond donors (Lipinski definition) is 1. The lowest BCUT2D eigenvalue weighted by molar-refractivity contribution is 0.00831. The van der Waals surface area contributed by atoms with Gasteiger partial charge in [-0.2, -0.15) is 0 Å². The van der Waals surface area contributed by atoms with Crippen molar-refractivity contribution in [3.8, 4) is 10.6 Å². The van der Waals surface area contributed by atoms with Crippen molar-refractivity contribution in [3.63, 3.8) is 0 Å². The summed E-state index contributed by atoms with van der Waals surface area (Å²) in [5, 5.41) is 2.49. The van der Waals surface area contributed by atoms with Crippen molar-refractivity contribution in [1.82, 2.24) is 9.88 Å². The normalized spacial score (nSPS) is 15.5. The fraction of sp³-hybridized carbons (Fsp3) is 0.444. The van der Waals surface area contributed by atoms with Gasteiger partial charge in [-0.15, -0.1) is 11.3 Å². The smallest absolute Gasteiger partial charge is 0.273 e. The number of carbonyl (C=O) groups is 1. The third kappa shape index (κ3) is 4.62. The van der Waals surface area contributed by atoms with Gasteiger partial charge in [-0.3, -0.25) is 4.79 Å². The number of amides is 1. The van der Waals surface area contributed by atoms with Gasteiger partial charge in [-0.05, 0) is 50.1 Å². The van der Waals surface area contributed by atoms with Gasteiger partial charge in [0, 0.05) is 30.6 Å². The van der Waals surface area contributed by atoms with Crippen LogP contribution in [-0.2, 0) is 4.74 Å². The van der Waals surface area contributed by atoms with E-state index in [1.54, 1.807) is 17.5 Å². The van der Waals surface area contributed by atoms with Crippen LogP contribution in [-0.4, -0.2) is 48.1 Å². The Balaban J connectivity index is 1.56. The molecule has 5 nitrogen and oxygen atoms in total. The molecule has 1 amide bonds. The van der Waals surface area contributed by atoms with Gasteiger partial charge in [-0.1, -0.05) is 0 Å². The van der Waals surface area contributed by atoms with Crippen LogP contribution in [0.3, 0.4) is 0 Å². The molecule has 0 bridgehead atoms. The van der Waals surface area contributed by atoms with Gasteiger partial charge in [0.05, 0.1) is 6.10 Å². The molecule has 134 valence electrons. The first-order valence-electron chi connectivity index (χ1n) is 8.50. The van der Waals surface area contributed by atoms with Gasteiger partial charge < -0.3 is 15.4 Å². The standard InChI is InChI=1S/C18H22FN3O2S/c19-14-4-2-13(3-5-14)17-21-16(12-25-17)18(23)22-9-6-15(7-10-22)24-11-1-8-20/h2-5,12,15H,1,6-11,20H2. The summed E-state index contributed by atoms with van der Waals surface area (Å²) >= 11 is 1.40. The molecule has 25 heavy (non-hydrogen) atoms. The molecule has 1 saturated heterocycles. The molecule has 2 aromatic rings. The van der Waals surface area contributed by atoms with Gasteiger partial charge in [0.25, 0.3) is 5.91 Å². The Morgan fingerprint density at radius 1 is 1.32 bits per heavy atom. The maximum atomic E-state index is 13.0. The van der Waals surface area contributed by atoms with E-state index in [9.17, 15) is 9.18 Å². The molecule has 1 fully saturated rings. The van der Waals surface area contributed by atoms with Crippen LogP contribution in [0, 0.1) is 5.82 Å². The van der Waals surface area contributed by atoms with E-state index in [2.05, 4.69) is 4.98 Å². The van der Waals surface area contributed by atoms with Crippen molar-refractivity contribution in [2.45, 2.75) is 25.4 Å². The van der Waals surface area contributed by atoms with E-state index in [0.29, 0.717) is 31.9 Å². The average molecular weight is 363 g/mol. The summed E-state index contributed by atoms with van der Waals surface area (Å²) in [6, 6.07) is 6.14. The largest absolute Gasteiger partial charge is 0.378 e. The molecule has 1 aromatic heterocycles. The van der Waals surface area contributed by atoms with Crippen molar-refractivity contribution < 1.29 is 13.9 Å². The van der Waals surface area contributed by atoms with E-state index < -0.39 is 0 Å². The number of carbonyl (C=O) groups excluding carboxylic acids is 1. The van der Waals surface area contributed by atoms with Gasteiger partial charge in [0.15, 0.2) is 0 Å². The molecule has 0 aliphatic carbocycles. The Morgan fingerprint density at radius 3 is 2.72 bits per heavy atom. The fourth-order valence-electron chi connectivity index (χ4n) is 2.82. The number of benzene rings is 1. The highest BCUT2D eigenvalue weighted by molar-refractivity contribution is 7.13. The minimum Gasteiger partial charge on any atom is -0.378 e. The Bertz CT molecular complexity index is 697. The summed E-state index contributed by atoms with van der Waals surface area (Å²) in [6.45, 7) is 2.67. The molecule has 0 spiro atoms. The van der Waals surface area contributed by atoms with Gasteiger partial charge >= 0.3 is 0 Å². The van der Waals surface area contributed by atoms with Crippen molar-refractivity contribution in [1.29, 1.82) is 0 Å². The molecular formula is C18H22FN3O2S. The van der Waals surface area contributed by atoms with Gasteiger partial charge in [-0.25, -0.2) is 9.37 Å². The third-order valence-electron chi connectivity index (χ3n) is 4.25. The predicted octanol–water partition coefficient (Wildman–Crippen LogP) is 2.92. The van der Waals surface area contributed by atoms with Crippen LogP contribution < -0.4 is 5.73 Å². The number of likely N-dealkylation sites (tertiary alicyclic amines) is 1. The highest BCUT2D eigenvalue weighted by Crippen LogP contribution is 2.25. The van der Waals surface area contributed by atoms with Crippen LogP contribution in [0.4, 0.5) is 4.39 Å². The Morgan fingerprint density at radius 2 is 2.04 bits per heavy atom. The van der Waals surface area contributed by atoms with E-state index in [4.69, 9.17) is 10.5 Å². The van der Waals surface area contributed by atoms with E-state index in [1.165, 1.54) is 23.5 Å². The molecule has 0 unspecified atom stereocenters. The zero-order valence-electron chi connectivity index (χ0n) is 14.0. The molecule has 2 N–H and O–H groups in total. The number of hydrogen-bond acceptors (Lipinski definition) is 5. The number of halogens is 1. The predicted molar refractivity (Wildman–Crippen MR) is 96.1 cm³/mol. The fourth-order valence-corrected chi connectivity index (χ4v) is 3.62. The molecule has 2 heterocycles. The van der Waals surface area contributed by atoms with E-state index in [-0.39, 0.29) is 17.8 Å². The molecule has 1 aromatic carbocycles. The summed E-state index contributed by atoms with van der Waals surface area (Å²) in [4.78, 5) is 18.9. The minimum atomic E-state index is -0.284. The molecule has 1 aliphatic rings. The van der Waals surface area contributed by atoms with Crippen LogP contribution in [0.2, 0.25) is 0 Å². The molecule has 0 radical (unpaired) electrons. The Hall–Kier alpha value is -1.83. The van der Waals surface area contributed by atoms with Crippen LogP contribution in [0.25, 0.3) is 10.6 Å². The Labute approximate surface area is 150 Å². The molecule has 1 aliphatic heterocycles. The van der Waals surface area contributed by atoms with E-state index >= 15 is 0 Å². The van der Waals surface area contributed by atoms with Crippen LogP contribution in [0.1, 0.15) is 29.8 Å². The zero-order chi connectivity index (χ0) is 17.6. The summed E-state index contributed by atoms with van der Waals surface area (Å²) in [5.41, 5.74) is 6.73. The molecule has 7 heteroatoms. The topological polar surface area (TPSA) is 68.5 Å². The first-order chi connectivity index (χ1) is 12.2. The van der Waals surface area contributed by atoms with E-state index in [1.807, 2.05) is 4.90 Å². The number of aromatic nitrogens is 1. The van der Waals surface area contributed by atoms with Gasteiger partial charge in [0.1, 0.15) is 16.5 Å². The number of piperidine rings is 1. The monoisotopic (exact) mass is 363 g/mol. The zero-order valence-corrected chi connectivity index (χ0v) is 14.8. The first kappa shape index (κ1) is 18.0. The number of rotatable bonds is 6. The van der Waals surface area contributed by atoms with Crippen LogP contribution in [0.15, 0.2) is 29.6 Å². The lowest BCUT2D eigenvalue weighted by Crippen LogP contribution is -2.41. The highest BCUT2D eigenvalue weighted by atomic mass is 32.1. The number of thiazole rings is 1. The first-order valence-corrected chi connectivity index (χ1v) is 9.38. The summed E-state index contributed by atoms with van der Waals surface area (Å²) in [7, 11) is 0. The highest BCUT2D eigenvalue weighted by Gasteiger charge is 2.25. The average Bonchev–Trinajstić information content (AvgIpc) is 3.13. The van der Waals surface area contributed by atoms with Gasteiger partial charge in [0.2, 0.25) is 0 Å². The summed E-state index contributed by atoms with van der Waals surface area (Å²) in [5.74, 6) is -0.335. The third-order valence-corrected chi connectivity index (χ3v) is 5.14. The minimum absolute atomic E-state index is 0.0509. The summed E-state index contributed by atoms with van der Waals surface area (Å²) < 4.78 is 18.8. The van der Waals surface area contributed by atoms with Crippen molar-refractivity contribution in [2.75, 3.05) is 26.2 Å². The lowest BCUT2D eigenvalue weighted by atomic mass is 10.1. The van der Waals surface area contributed by atoms with E-state index in [0.717, 1.165) is 29.8 Å². The van der Waals surface area contributed by atoms with Crippen LogP contribution in [0.5, 0.6) is 0 Å². The molecule has 0 saturated carbocycles. The van der Waals surface area contributed by atoms with Crippen molar-refractivity contribution in [3.05, 3.63) is 41.2 Å². The number of nitrogens with zero attached hydrogens (tertiary/aromatic N) is 2. The number of ether oxygens (including phenoxy) is 1. The van der Waals surface area contributed by atoms with Crippen molar-refractivity contribution >= 4 is 17.2 Å². The molecular weight excluding hydrogens is 341 g/mol. The number of nitrogens with two attached hydrogens (primary N) is 1. The van der Waals surface area contributed by atoms with Crippen LogP contribution >= 0.6 is 11.3 Å². The second kappa shape index (κ2) is 8.51. The SMILES string of the molecule is NCCCOC1CCN(C(=O)c2csc(-c3ccc(F)cc3)n2)CC1. The van der Waals surface area contributed by atoms with Crippen molar-refractivity contribution in [2.24, 2.45) is 5.73 Å². The summed E-state index contributed by atoms with van der Waals surface area (Å²) in [6.07, 6.45) is 2.75. The maximum absolute atomic E-state index is 13.0. The molecule has 3 rings (SSSR count). The quantitative estimate of drug-likeness (QED) is 0.801.